The van der Waals surface area contributed by atoms with Gasteiger partial charge < -0.3 is 4.57 Å². The summed E-state index contributed by atoms with van der Waals surface area (Å²) in [5, 5.41) is 8.91. The molecular weight excluding hydrogens is 400 g/mol. The van der Waals surface area contributed by atoms with Gasteiger partial charge in [0.05, 0.1) is 5.75 Å². The summed E-state index contributed by atoms with van der Waals surface area (Å²) in [6.07, 6.45) is 8.39. The first-order valence-electron chi connectivity index (χ1n) is 11.7. The number of rotatable bonds is 4. The fourth-order valence-electron chi connectivity index (χ4n) is 6.71. The van der Waals surface area contributed by atoms with Crippen molar-refractivity contribution in [2.45, 2.75) is 84.1 Å². The minimum Gasteiger partial charge on any atom is -0.315 e. The third-order valence-corrected chi connectivity index (χ3v) is 10.9. The van der Waals surface area contributed by atoms with E-state index in [1.165, 1.54) is 12.8 Å². The first-order chi connectivity index (χ1) is 14.2. The zero-order valence-electron chi connectivity index (χ0n) is 18.3. The molecule has 0 N–H and O–H groups in total. The maximum Gasteiger partial charge on any atom is 0.215 e. The lowest BCUT2D eigenvalue weighted by molar-refractivity contribution is -0.128. The molecule has 8 heteroatoms. The van der Waals surface area contributed by atoms with E-state index < -0.39 is 15.4 Å². The van der Waals surface area contributed by atoms with Crippen LogP contribution in [-0.2, 0) is 27.8 Å². The number of nitrogens with zero attached hydrogens (tertiary/aromatic N) is 4. The number of sulfonamides is 1. The highest BCUT2D eigenvalue weighted by Crippen LogP contribution is 2.64. The number of carbonyl (C=O) groups is 1. The van der Waals surface area contributed by atoms with Crippen LogP contribution < -0.4 is 0 Å². The third-order valence-electron chi connectivity index (χ3n) is 8.92. The number of piperidine rings is 1. The number of carbonyl (C=O) groups excluding carboxylic acids is 1. The molecule has 0 unspecified atom stereocenters. The van der Waals surface area contributed by atoms with E-state index in [-0.39, 0.29) is 22.9 Å². The van der Waals surface area contributed by atoms with Crippen molar-refractivity contribution in [1.29, 1.82) is 0 Å². The van der Waals surface area contributed by atoms with Crippen molar-refractivity contribution >= 4 is 15.8 Å². The van der Waals surface area contributed by atoms with E-state index in [4.69, 9.17) is 0 Å². The summed E-state index contributed by atoms with van der Waals surface area (Å²) in [5.74, 6) is 2.92. The zero-order valence-corrected chi connectivity index (χ0v) is 19.1. The van der Waals surface area contributed by atoms with Gasteiger partial charge in [-0.1, -0.05) is 20.3 Å². The molecule has 3 fully saturated rings. The Bertz CT molecular complexity index is 946. The van der Waals surface area contributed by atoms with E-state index >= 15 is 0 Å². The summed E-state index contributed by atoms with van der Waals surface area (Å²) < 4.78 is 30.7. The molecular formula is C22H34N4O3S. The summed E-state index contributed by atoms with van der Waals surface area (Å²) >= 11 is 0. The molecule has 2 bridgehead atoms. The highest BCUT2D eigenvalue weighted by molar-refractivity contribution is 7.89. The van der Waals surface area contributed by atoms with Gasteiger partial charge in [-0.05, 0) is 49.9 Å². The number of aryl methyl sites for hydroxylation is 1. The average molecular weight is 435 g/mol. The number of aromatic nitrogens is 3. The molecule has 2 aliphatic carbocycles. The Morgan fingerprint density at radius 1 is 1.03 bits per heavy atom. The number of Topliss-reactive ketones (excluding diaryl/α,β-unsaturated/α-hetero) is 1. The van der Waals surface area contributed by atoms with Gasteiger partial charge in [-0.2, -0.15) is 0 Å². The molecule has 0 amide bonds. The Kier molecular flexibility index (Phi) is 4.89. The minimum atomic E-state index is -3.46. The van der Waals surface area contributed by atoms with Gasteiger partial charge in [0.1, 0.15) is 17.4 Å². The fraction of sp³-hybridized carbons (Fsp3) is 0.864. The minimum absolute atomic E-state index is 0.00662. The molecule has 1 aromatic rings. The van der Waals surface area contributed by atoms with E-state index in [1.807, 2.05) is 0 Å². The van der Waals surface area contributed by atoms with Crippen molar-refractivity contribution in [1.82, 2.24) is 19.1 Å². The van der Waals surface area contributed by atoms with Crippen LogP contribution in [0.4, 0.5) is 0 Å². The molecule has 0 spiro atoms. The first-order valence-corrected chi connectivity index (χ1v) is 13.3. The normalized spacial score (nSPS) is 32.3. The molecule has 1 aromatic heterocycles. The van der Waals surface area contributed by atoms with Crippen LogP contribution in [0.2, 0.25) is 0 Å². The smallest absolute Gasteiger partial charge is 0.215 e. The topological polar surface area (TPSA) is 85.2 Å². The average Bonchev–Trinajstić information content (AvgIpc) is 3.17. The highest BCUT2D eigenvalue weighted by Gasteiger charge is 2.65. The highest BCUT2D eigenvalue weighted by atomic mass is 32.2. The van der Waals surface area contributed by atoms with Crippen LogP contribution in [0.3, 0.4) is 0 Å². The molecule has 2 saturated carbocycles. The van der Waals surface area contributed by atoms with Gasteiger partial charge in [-0.25, -0.2) is 12.7 Å². The van der Waals surface area contributed by atoms with Crippen LogP contribution in [0.5, 0.6) is 0 Å². The Hall–Kier alpha value is -1.28. The van der Waals surface area contributed by atoms with Crippen LogP contribution in [-0.4, -0.2) is 52.1 Å². The first kappa shape index (κ1) is 20.6. The standard InChI is InChI=1S/C22H34N4O3S/c1-21(2)17-7-10-22(21,18(27)14-17)15-30(28,29)25-12-8-16(9-13-25)20-24-23-19-6-4-3-5-11-26(19)20/h16-17H,3-15H2,1-2H3/t17-,22+/m1/s1. The van der Waals surface area contributed by atoms with Gasteiger partial charge in [0.25, 0.3) is 0 Å². The second-order valence-electron chi connectivity index (χ2n) is 10.5. The third kappa shape index (κ3) is 3.00. The van der Waals surface area contributed by atoms with Gasteiger partial charge in [-0.3, -0.25) is 4.79 Å². The lowest BCUT2D eigenvalue weighted by Gasteiger charge is -2.39. The molecule has 166 valence electrons. The van der Waals surface area contributed by atoms with E-state index in [2.05, 4.69) is 28.6 Å². The Morgan fingerprint density at radius 2 is 1.80 bits per heavy atom. The largest absolute Gasteiger partial charge is 0.315 e. The van der Waals surface area contributed by atoms with Crippen molar-refractivity contribution in [3.63, 3.8) is 0 Å². The summed E-state index contributed by atoms with van der Waals surface area (Å²) in [6.45, 7) is 6.23. The van der Waals surface area contributed by atoms with Crippen LogP contribution in [0.1, 0.15) is 82.8 Å². The van der Waals surface area contributed by atoms with Crippen LogP contribution in [0, 0.1) is 16.7 Å². The SMILES string of the molecule is CC1(C)[C@@H]2CC[C@]1(CS(=O)(=O)N1CCC(c3nnc4n3CCCCC4)CC1)C(=O)C2. The summed E-state index contributed by atoms with van der Waals surface area (Å²) in [4.78, 5) is 12.8. The monoisotopic (exact) mass is 434 g/mol. The maximum atomic E-state index is 13.4. The van der Waals surface area contributed by atoms with Crippen LogP contribution >= 0.6 is 0 Å². The molecule has 7 nitrogen and oxygen atoms in total. The van der Waals surface area contributed by atoms with Crippen molar-refractivity contribution in [3.8, 4) is 0 Å². The van der Waals surface area contributed by atoms with Gasteiger partial charge in [0.15, 0.2) is 0 Å². The Labute approximate surface area is 179 Å². The maximum absolute atomic E-state index is 13.4. The fourth-order valence-corrected chi connectivity index (χ4v) is 8.96. The van der Waals surface area contributed by atoms with E-state index in [0.29, 0.717) is 25.4 Å². The van der Waals surface area contributed by atoms with Crippen molar-refractivity contribution in [3.05, 3.63) is 11.6 Å². The quantitative estimate of drug-likeness (QED) is 0.727. The van der Waals surface area contributed by atoms with Gasteiger partial charge in [-0.15, -0.1) is 10.2 Å². The van der Waals surface area contributed by atoms with Crippen LogP contribution in [0.25, 0.3) is 0 Å². The molecule has 1 saturated heterocycles. The molecule has 4 aliphatic rings. The molecule has 3 heterocycles. The molecule has 5 rings (SSSR count). The molecule has 0 aromatic carbocycles. The van der Waals surface area contributed by atoms with Crippen molar-refractivity contribution in [2.24, 2.45) is 16.7 Å². The Morgan fingerprint density at radius 3 is 2.47 bits per heavy atom. The lowest BCUT2D eigenvalue weighted by Crippen LogP contribution is -2.48. The Balaban J connectivity index is 1.29. The number of ketones is 1. The summed E-state index contributed by atoms with van der Waals surface area (Å²) in [5.41, 5.74) is -0.897. The second-order valence-corrected chi connectivity index (χ2v) is 12.5. The molecule has 2 atom stereocenters. The predicted octanol–water partition coefficient (Wildman–Crippen LogP) is 2.91. The van der Waals surface area contributed by atoms with Crippen molar-refractivity contribution in [2.75, 3.05) is 18.8 Å². The van der Waals surface area contributed by atoms with Crippen LogP contribution in [0.15, 0.2) is 0 Å². The molecule has 2 aliphatic heterocycles. The second kappa shape index (κ2) is 7.12. The molecule has 0 radical (unpaired) electrons. The lowest BCUT2D eigenvalue weighted by atomic mass is 9.70. The van der Waals surface area contributed by atoms with Gasteiger partial charge in [0.2, 0.25) is 10.0 Å². The van der Waals surface area contributed by atoms with Gasteiger partial charge >= 0.3 is 0 Å². The van der Waals surface area contributed by atoms with Crippen molar-refractivity contribution < 1.29 is 13.2 Å². The van der Waals surface area contributed by atoms with E-state index in [9.17, 15) is 13.2 Å². The number of fused-ring (bicyclic) bond motifs is 3. The van der Waals surface area contributed by atoms with Gasteiger partial charge in [0, 0.05) is 43.8 Å². The van der Waals surface area contributed by atoms with E-state index in [0.717, 1.165) is 56.7 Å². The summed E-state index contributed by atoms with van der Waals surface area (Å²) in [6, 6.07) is 0. The summed E-state index contributed by atoms with van der Waals surface area (Å²) in [7, 11) is -3.46. The molecule has 30 heavy (non-hydrogen) atoms. The zero-order chi connectivity index (χ0) is 21.1. The number of hydrogen-bond acceptors (Lipinski definition) is 5. The predicted molar refractivity (Wildman–Crippen MR) is 113 cm³/mol. The number of hydrogen-bond donors (Lipinski definition) is 0. The van der Waals surface area contributed by atoms with E-state index in [1.54, 1.807) is 4.31 Å².